The molecule has 4 heterocycles. The number of benzene rings is 4. The van der Waals surface area contributed by atoms with Gasteiger partial charge in [-0.2, -0.15) is 0 Å². The van der Waals surface area contributed by atoms with Crippen molar-refractivity contribution < 1.29 is 18.4 Å². The Labute approximate surface area is 388 Å². The maximum atomic E-state index is 10.3. The molecule has 0 aliphatic heterocycles. The lowest BCUT2D eigenvalue weighted by molar-refractivity contribution is 0.159. The number of nitrogens with one attached hydrogen (secondary N) is 4. The number of aliphatic hydroxyl groups excluding tert-OH is 1. The number of hydrogen-bond donors (Lipinski definition) is 5. The van der Waals surface area contributed by atoms with Crippen LogP contribution >= 0.6 is 23.2 Å². The van der Waals surface area contributed by atoms with Gasteiger partial charge in [-0.25, -0.2) is 9.69 Å². The van der Waals surface area contributed by atoms with Crippen molar-refractivity contribution in [2.75, 3.05) is 10.6 Å². The van der Waals surface area contributed by atoms with Crippen molar-refractivity contribution in [3.05, 3.63) is 141 Å². The van der Waals surface area contributed by atoms with Gasteiger partial charge in [-0.1, -0.05) is 56.1 Å². The van der Waals surface area contributed by atoms with Crippen LogP contribution < -0.4 is 10.6 Å². The number of nitrogens with zero attached hydrogens (tertiary/aromatic N) is 6. The van der Waals surface area contributed by atoms with E-state index < -0.39 is 26.5 Å². The predicted molar refractivity (Wildman–Crippen MR) is 260 cm³/mol. The highest BCUT2D eigenvalue weighted by molar-refractivity contribution is 6.74. The molecule has 4 atom stereocenters. The summed E-state index contributed by atoms with van der Waals surface area (Å²) in [6.45, 7) is 33.0. The normalized spacial score (nSPS) is 13.6. The molecule has 0 unspecified atom stereocenters. The minimum absolute atomic E-state index is 0.0360. The smallest absolute Gasteiger partial charge is 0.247 e. The molecule has 0 bridgehead atoms. The van der Waals surface area contributed by atoms with Crippen molar-refractivity contribution in [1.29, 1.82) is 0 Å². The molecule has 8 aromatic rings. The van der Waals surface area contributed by atoms with Crippen molar-refractivity contribution in [3.8, 4) is 22.9 Å². The second-order valence-corrected chi connectivity index (χ2v) is 22.9. The zero-order chi connectivity index (χ0) is 46.8. The molecule has 5 N–H and O–H groups in total. The fraction of sp³-hybridized carbons (Fsp3) is 0.292. The molecule has 0 saturated heterocycles. The highest BCUT2D eigenvalue weighted by atomic mass is 35.5. The summed E-state index contributed by atoms with van der Waals surface area (Å²) in [5.74, 6) is 1.50. The summed E-state index contributed by atoms with van der Waals surface area (Å²) in [5.41, 5.74) is 7.47. The van der Waals surface area contributed by atoms with Gasteiger partial charge in [-0.05, 0) is 118 Å². The van der Waals surface area contributed by atoms with Crippen LogP contribution in [0.2, 0.25) is 28.2 Å². The van der Waals surface area contributed by atoms with Gasteiger partial charge in [0.25, 0.3) is 0 Å². The van der Waals surface area contributed by atoms with Gasteiger partial charge in [0.15, 0.2) is 8.32 Å². The number of rotatable bonds is 12. The zero-order valence-corrected chi connectivity index (χ0v) is 40.0. The summed E-state index contributed by atoms with van der Waals surface area (Å²) >= 11 is 12.7. The van der Waals surface area contributed by atoms with Crippen LogP contribution in [0.25, 0.3) is 54.4 Å². The fourth-order valence-electron chi connectivity index (χ4n) is 6.97. The molecule has 17 heteroatoms. The Morgan fingerprint density at radius 2 is 1.14 bits per heavy atom. The van der Waals surface area contributed by atoms with Gasteiger partial charge in [-0.3, -0.25) is 0 Å². The summed E-state index contributed by atoms with van der Waals surface area (Å²) in [5, 5.41) is 37.1. The number of hydrogen-bond acceptors (Lipinski definition) is 10. The third-order valence-electron chi connectivity index (χ3n) is 11.8. The van der Waals surface area contributed by atoms with E-state index in [1.165, 1.54) is 0 Å². The lowest BCUT2D eigenvalue weighted by atomic mass is 10.1. The van der Waals surface area contributed by atoms with Gasteiger partial charge < -0.3 is 39.0 Å². The molecule has 4 aromatic carbocycles. The summed E-state index contributed by atoms with van der Waals surface area (Å²) in [7, 11) is -2.10. The Morgan fingerprint density at radius 3 is 1.57 bits per heavy atom. The van der Waals surface area contributed by atoms with Crippen LogP contribution in [-0.2, 0) is 4.43 Å². The topological polar surface area (TPSA) is 172 Å². The molecule has 0 spiro atoms. The Balaban J connectivity index is 0.000000198. The predicted octanol–water partition coefficient (Wildman–Crippen LogP) is 13.6. The lowest BCUT2D eigenvalue weighted by Crippen LogP contribution is -2.45. The molecule has 0 aliphatic rings. The van der Waals surface area contributed by atoms with Crippen LogP contribution in [0.15, 0.2) is 94.0 Å². The van der Waals surface area contributed by atoms with Crippen molar-refractivity contribution in [3.63, 3.8) is 0 Å². The van der Waals surface area contributed by atoms with Crippen LogP contribution in [0.3, 0.4) is 0 Å². The molecule has 65 heavy (non-hydrogen) atoms. The molecule has 0 saturated carbocycles. The van der Waals surface area contributed by atoms with Gasteiger partial charge in [0.2, 0.25) is 34.9 Å². The van der Waals surface area contributed by atoms with Gasteiger partial charge in [0.1, 0.15) is 12.1 Å². The van der Waals surface area contributed by atoms with E-state index in [1.54, 1.807) is 25.1 Å². The van der Waals surface area contributed by atoms with E-state index in [1.807, 2.05) is 87.8 Å². The van der Waals surface area contributed by atoms with E-state index in [-0.39, 0.29) is 17.0 Å². The lowest BCUT2D eigenvalue weighted by Gasteiger charge is -2.40. The van der Waals surface area contributed by atoms with Gasteiger partial charge in [0.05, 0.1) is 35.4 Å². The molecule has 0 amide bonds. The first kappa shape index (κ1) is 46.5. The summed E-state index contributed by atoms with van der Waals surface area (Å²) in [6.07, 6.45) is 2.69. The first-order chi connectivity index (χ1) is 30.9. The quantitative estimate of drug-likeness (QED) is 0.0586. The number of anilines is 2. The maximum Gasteiger partial charge on any atom is 0.247 e. The van der Waals surface area contributed by atoms with E-state index >= 15 is 0 Å². The van der Waals surface area contributed by atoms with E-state index in [0.29, 0.717) is 50.3 Å². The molecule has 334 valence electrons. The molecular weight excluding hydrogens is 880 g/mol. The second kappa shape index (κ2) is 18.9. The van der Waals surface area contributed by atoms with Gasteiger partial charge in [-0.15, -0.1) is 20.4 Å². The molecular formula is C48H50Cl2N10O4Si. The number of H-pyrrole nitrogens is 2. The number of aliphatic hydroxyl groups is 1. The maximum absolute atomic E-state index is 10.3. The fourth-order valence-corrected chi connectivity index (χ4v) is 8.80. The average molecular weight is 930 g/mol. The van der Waals surface area contributed by atoms with Crippen molar-refractivity contribution in [2.45, 2.75) is 90.9 Å². The SMILES string of the molecule is [C-]#[N+]c1ccc(N[C@@H](c2nnc(-c3ccc4[nH]ccc4c3)o2)[C@H](C)O)c(C)c1Cl.[C-]#[N+]c1ccc(N[C@@H](c2nnc(-c3ccc4[nH]ccc4c3)o2)[C@H](C)O[Si](C)(C)C(C)(C)C)c(C)c1Cl. The minimum Gasteiger partial charge on any atom is -0.418 e. The molecule has 0 radical (unpaired) electrons. The van der Waals surface area contributed by atoms with Crippen LogP contribution in [-0.4, -0.2) is 56.0 Å². The van der Waals surface area contributed by atoms with Crippen molar-refractivity contribution in [1.82, 2.24) is 30.4 Å². The Morgan fingerprint density at radius 1 is 0.692 bits per heavy atom. The third-order valence-corrected chi connectivity index (χ3v) is 17.4. The molecule has 4 aromatic heterocycles. The van der Waals surface area contributed by atoms with Crippen LogP contribution in [0.5, 0.6) is 0 Å². The number of aromatic nitrogens is 6. The van der Waals surface area contributed by atoms with Gasteiger partial charge >= 0.3 is 0 Å². The molecule has 14 nitrogen and oxygen atoms in total. The minimum atomic E-state index is -2.10. The first-order valence-corrected chi connectivity index (χ1v) is 24.6. The number of aromatic amines is 2. The van der Waals surface area contributed by atoms with Gasteiger partial charge in [0, 0.05) is 56.7 Å². The third kappa shape index (κ3) is 9.95. The highest BCUT2D eigenvalue weighted by Crippen LogP contribution is 2.41. The number of halogens is 2. The zero-order valence-electron chi connectivity index (χ0n) is 37.5. The molecule has 8 rings (SSSR count). The molecule has 0 aliphatic carbocycles. The van der Waals surface area contributed by atoms with Crippen LogP contribution in [0, 0.1) is 27.0 Å². The van der Waals surface area contributed by atoms with Crippen LogP contribution in [0.4, 0.5) is 22.7 Å². The Hall–Kier alpha value is -6.46. The van der Waals surface area contributed by atoms with E-state index in [0.717, 1.165) is 44.2 Å². The second-order valence-electron chi connectivity index (χ2n) is 17.4. The molecule has 0 fully saturated rings. The summed E-state index contributed by atoms with van der Waals surface area (Å²) < 4.78 is 18.8. The van der Waals surface area contributed by atoms with E-state index in [9.17, 15) is 5.11 Å². The Bertz CT molecular complexity index is 3060. The Kier molecular flexibility index (Phi) is 13.6. The van der Waals surface area contributed by atoms with Crippen LogP contribution in [0.1, 0.15) is 69.6 Å². The highest BCUT2D eigenvalue weighted by Gasteiger charge is 2.41. The monoisotopic (exact) mass is 928 g/mol. The summed E-state index contributed by atoms with van der Waals surface area (Å²) in [4.78, 5) is 13.2. The largest absolute Gasteiger partial charge is 0.418 e. The first-order valence-electron chi connectivity index (χ1n) is 20.9. The van der Waals surface area contributed by atoms with E-state index in [4.69, 9.17) is 49.6 Å². The summed E-state index contributed by atoms with van der Waals surface area (Å²) in [6, 6.07) is 21.7. The number of fused-ring (bicyclic) bond motifs is 2. The van der Waals surface area contributed by atoms with Crippen molar-refractivity contribution >= 4 is 76.1 Å². The van der Waals surface area contributed by atoms with Crippen molar-refractivity contribution in [2.24, 2.45) is 0 Å². The standard InChI is InChI=1S/C27H32ClN5O2Si.C21H18ClN5O2/c1-16-20(11-12-22(29-6)23(16)28)31-24(17(2)35-36(7,8)27(3,4)5)26-33-32-25(34-26)19-9-10-21-18(15-19)13-14-30-21;1-11-15(6-7-17(23-3)18(11)22)25-19(12(2)28)21-27-26-20(29-21)14-4-5-16-13(10-14)8-9-24-16/h9-15,17,24,30-31H,1-5,7-8H3;4-10,12,19,24-25,28H,1-2H3/t17-,24+;12-,19+/m00/s1. The average Bonchev–Trinajstić information content (AvgIpc) is 4.12. The van der Waals surface area contributed by atoms with E-state index in [2.05, 4.69) is 84.6 Å².